The number of hydrogen-bond donors (Lipinski definition) is 1. The van der Waals surface area contributed by atoms with Crippen LogP contribution in [0.4, 0.5) is 4.39 Å². The number of rotatable bonds is 5. The number of aromatic nitrogens is 2. The van der Waals surface area contributed by atoms with E-state index in [0.29, 0.717) is 0 Å². The molecule has 0 aliphatic carbocycles. The van der Waals surface area contributed by atoms with Gasteiger partial charge in [-0.25, -0.2) is 4.39 Å². The maximum absolute atomic E-state index is 13.2. The predicted octanol–water partition coefficient (Wildman–Crippen LogP) is 2.93. The molecule has 20 heavy (non-hydrogen) atoms. The van der Waals surface area contributed by atoms with Crippen LogP contribution in [-0.2, 0) is 19.9 Å². The zero-order valence-corrected chi connectivity index (χ0v) is 12.6. The SMILES string of the molecule is CCc1cc(CC(NC)c2ccc(F)cc2C)n(C)n1. The fraction of sp³-hybridized carbons (Fsp3) is 0.438. The van der Waals surface area contributed by atoms with Crippen molar-refractivity contribution in [2.24, 2.45) is 7.05 Å². The Hall–Kier alpha value is -1.68. The van der Waals surface area contributed by atoms with Gasteiger partial charge in [-0.2, -0.15) is 5.10 Å². The van der Waals surface area contributed by atoms with E-state index in [2.05, 4.69) is 23.4 Å². The van der Waals surface area contributed by atoms with Crippen molar-refractivity contribution in [1.29, 1.82) is 0 Å². The summed E-state index contributed by atoms with van der Waals surface area (Å²) >= 11 is 0. The molecule has 0 saturated heterocycles. The first-order valence-electron chi connectivity index (χ1n) is 7.00. The van der Waals surface area contributed by atoms with Crippen molar-refractivity contribution in [3.8, 4) is 0 Å². The molecule has 1 aromatic heterocycles. The molecule has 1 aromatic carbocycles. The zero-order chi connectivity index (χ0) is 14.7. The molecule has 1 N–H and O–H groups in total. The largest absolute Gasteiger partial charge is 0.313 e. The Balaban J connectivity index is 2.26. The van der Waals surface area contributed by atoms with Crippen LogP contribution in [0.15, 0.2) is 24.3 Å². The maximum atomic E-state index is 13.2. The van der Waals surface area contributed by atoms with Crippen molar-refractivity contribution in [2.75, 3.05) is 7.05 Å². The minimum atomic E-state index is -0.185. The molecule has 0 bridgehead atoms. The van der Waals surface area contributed by atoms with Crippen LogP contribution in [-0.4, -0.2) is 16.8 Å². The Morgan fingerprint density at radius 3 is 2.65 bits per heavy atom. The molecule has 1 atom stereocenters. The molecule has 1 heterocycles. The third kappa shape index (κ3) is 3.07. The molecule has 2 aromatic rings. The van der Waals surface area contributed by atoms with Crippen molar-refractivity contribution >= 4 is 0 Å². The molecule has 0 spiro atoms. The molecule has 3 nitrogen and oxygen atoms in total. The lowest BCUT2D eigenvalue weighted by molar-refractivity contribution is 0.555. The van der Waals surface area contributed by atoms with Crippen LogP contribution in [0.3, 0.4) is 0 Å². The minimum Gasteiger partial charge on any atom is -0.313 e. The smallest absolute Gasteiger partial charge is 0.123 e. The number of halogens is 1. The first-order valence-corrected chi connectivity index (χ1v) is 7.00. The van der Waals surface area contributed by atoms with Gasteiger partial charge in [-0.3, -0.25) is 4.68 Å². The molecule has 0 aliphatic heterocycles. The minimum absolute atomic E-state index is 0.163. The molecule has 2 rings (SSSR count). The fourth-order valence-corrected chi connectivity index (χ4v) is 2.54. The van der Waals surface area contributed by atoms with Gasteiger partial charge in [0.25, 0.3) is 0 Å². The number of likely N-dealkylation sites (N-methyl/N-ethyl adjacent to an activating group) is 1. The van der Waals surface area contributed by atoms with E-state index >= 15 is 0 Å². The summed E-state index contributed by atoms with van der Waals surface area (Å²) in [6.07, 6.45) is 1.78. The molecule has 0 saturated carbocycles. The molecule has 108 valence electrons. The molecule has 0 radical (unpaired) electrons. The highest BCUT2D eigenvalue weighted by molar-refractivity contribution is 5.30. The van der Waals surface area contributed by atoms with Gasteiger partial charge in [0.2, 0.25) is 0 Å². The Labute approximate surface area is 119 Å². The van der Waals surface area contributed by atoms with E-state index < -0.39 is 0 Å². The van der Waals surface area contributed by atoms with E-state index in [-0.39, 0.29) is 11.9 Å². The van der Waals surface area contributed by atoms with Crippen molar-refractivity contribution in [1.82, 2.24) is 15.1 Å². The second-order valence-corrected chi connectivity index (χ2v) is 5.15. The lowest BCUT2D eigenvalue weighted by Crippen LogP contribution is -2.21. The van der Waals surface area contributed by atoms with Gasteiger partial charge in [-0.15, -0.1) is 0 Å². The van der Waals surface area contributed by atoms with Crippen LogP contribution >= 0.6 is 0 Å². The predicted molar refractivity (Wildman–Crippen MR) is 79.2 cm³/mol. The first-order chi connectivity index (χ1) is 9.55. The quantitative estimate of drug-likeness (QED) is 0.909. The van der Waals surface area contributed by atoms with Crippen molar-refractivity contribution in [3.63, 3.8) is 0 Å². The van der Waals surface area contributed by atoms with Crippen LogP contribution < -0.4 is 5.32 Å². The van der Waals surface area contributed by atoms with E-state index in [4.69, 9.17) is 0 Å². The summed E-state index contributed by atoms with van der Waals surface area (Å²) < 4.78 is 15.2. The highest BCUT2D eigenvalue weighted by atomic mass is 19.1. The second-order valence-electron chi connectivity index (χ2n) is 5.15. The summed E-state index contributed by atoms with van der Waals surface area (Å²) in [7, 11) is 3.91. The van der Waals surface area contributed by atoms with Crippen LogP contribution in [0.1, 0.15) is 35.5 Å². The van der Waals surface area contributed by atoms with Crippen LogP contribution in [0.5, 0.6) is 0 Å². The van der Waals surface area contributed by atoms with Crippen LogP contribution in [0.25, 0.3) is 0 Å². The Morgan fingerprint density at radius 1 is 1.35 bits per heavy atom. The second kappa shape index (κ2) is 6.18. The average Bonchev–Trinajstić information content (AvgIpc) is 2.77. The highest BCUT2D eigenvalue weighted by Crippen LogP contribution is 2.22. The topological polar surface area (TPSA) is 29.9 Å². The number of nitrogens with zero attached hydrogens (tertiary/aromatic N) is 2. The summed E-state index contributed by atoms with van der Waals surface area (Å²) in [5.74, 6) is -0.185. The summed E-state index contributed by atoms with van der Waals surface area (Å²) in [6, 6.07) is 7.27. The molecular formula is C16H22FN3. The summed E-state index contributed by atoms with van der Waals surface area (Å²) in [6.45, 7) is 4.05. The lowest BCUT2D eigenvalue weighted by atomic mass is 9.97. The van der Waals surface area contributed by atoms with Gasteiger partial charge in [0, 0.05) is 25.2 Å². The van der Waals surface area contributed by atoms with Crippen LogP contribution in [0, 0.1) is 12.7 Å². The lowest BCUT2D eigenvalue weighted by Gasteiger charge is -2.19. The van der Waals surface area contributed by atoms with Crippen molar-refractivity contribution < 1.29 is 4.39 Å². The average molecular weight is 275 g/mol. The zero-order valence-electron chi connectivity index (χ0n) is 12.6. The van der Waals surface area contributed by atoms with E-state index in [1.165, 1.54) is 11.8 Å². The molecule has 4 heteroatoms. The monoisotopic (exact) mass is 275 g/mol. The van der Waals surface area contributed by atoms with Gasteiger partial charge in [-0.05, 0) is 49.7 Å². The van der Waals surface area contributed by atoms with E-state index in [1.54, 1.807) is 6.07 Å². The maximum Gasteiger partial charge on any atom is 0.123 e. The van der Waals surface area contributed by atoms with Gasteiger partial charge >= 0.3 is 0 Å². The standard InChI is InChI=1S/C16H22FN3/c1-5-13-9-14(20(4)19-13)10-16(18-3)15-7-6-12(17)8-11(15)2/h6-9,16,18H,5,10H2,1-4H3. The Bertz CT molecular complexity index is 589. The van der Waals surface area contributed by atoms with Gasteiger partial charge in [0.15, 0.2) is 0 Å². The molecule has 0 amide bonds. The van der Waals surface area contributed by atoms with E-state index in [0.717, 1.165) is 29.7 Å². The van der Waals surface area contributed by atoms with E-state index in [1.807, 2.05) is 31.8 Å². The molecule has 0 aliphatic rings. The summed E-state index contributed by atoms with van der Waals surface area (Å²) in [4.78, 5) is 0. The molecular weight excluding hydrogens is 253 g/mol. The number of aryl methyl sites for hydroxylation is 3. The third-order valence-electron chi connectivity index (χ3n) is 3.76. The highest BCUT2D eigenvalue weighted by Gasteiger charge is 2.15. The number of benzene rings is 1. The van der Waals surface area contributed by atoms with Gasteiger partial charge in [0.1, 0.15) is 5.82 Å². The Kier molecular flexibility index (Phi) is 4.55. The van der Waals surface area contributed by atoms with Gasteiger partial charge in [0.05, 0.1) is 5.69 Å². The Morgan fingerprint density at radius 2 is 2.10 bits per heavy atom. The third-order valence-corrected chi connectivity index (χ3v) is 3.76. The summed E-state index contributed by atoms with van der Waals surface area (Å²) in [5.41, 5.74) is 4.40. The fourth-order valence-electron chi connectivity index (χ4n) is 2.54. The van der Waals surface area contributed by atoms with Crippen molar-refractivity contribution in [2.45, 2.75) is 32.7 Å². The van der Waals surface area contributed by atoms with Crippen molar-refractivity contribution in [3.05, 3.63) is 52.6 Å². The first kappa shape index (κ1) is 14.7. The molecule has 1 unspecified atom stereocenters. The number of hydrogen-bond acceptors (Lipinski definition) is 2. The van der Waals surface area contributed by atoms with E-state index in [9.17, 15) is 4.39 Å². The van der Waals surface area contributed by atoms with Crippen LogP contribution in [0.2, 0.25) is 0 Å². The number of nitrogens with one attached hydrogen (secondary N) is 1. The normalized spacial score (nSPS) is 12.7. The van der Waals surface area contributed by atoms with Gasteiger partial charge < -0.3 is 5.32 Å². The molecule has 0 fully saturated rings. The van der Waals surface area contributed by atoms with Gasteiger partial charge in [-0.1, -0.05) is 13.0 Å². The summed E-state index contributed by atoms with van der Waals surface area (Å²) in [5, 5.41) is 7.79.